The lowest BCUT2D eigenvalue weighted by molar-refractivity contribution is -0.118. The number of carbonyl (C=O) groups excluding carboxylic acids is 1. The summed E-state index contributed by atoms with van der Waals surface area (Å²) in [4.78, 5) is 14.8. The molecule has 1 amide bonds. The molecule has 1 aliphatic heterocycles. The highest BCUT2D eigenvalue weighted by Gasteiger charge is 2.25. The first-order valence-corrected chi connectivity index (χ1v) is 8.79. The van der Waals surface area contributed by atoms with Crippen LogP contribution in [0.25, 0.3) is 5.69 Å². The quantitative estimate of drug-likeness (QED) is 0.739. The van der Waals surface area contributed by atoms with E-state index in [4.69, 9.17) is 5.73 Å². The number of amides is 1. The first-order valence-electron chi connectivity index (χ1n) is 8.79. The van der Waals surface area contributed by atoms with E-state index < -0.39 is 0 Å². The van der Waals surface area contributed by atoms with Crippen LogP contribution in [0.5, 0.6) is 0 Å². The first-order chi connectivity index (χ1) is 12.6. The molecule has 2 aromatic carbocycles. The minimum Gasteiger partial charge on any atom is -0.398 e. The third-order valence-corrected chi connectivity index (χ3v) is 4.90. The molecule has 2 heterocycles. The van der Waals surface area contributed by atoms with Crippen LogP contribution in [-0.4, -0.2) is 27.4 Å². The molecular formula is C20H21N5O. The van der Waals surface area contributed by atoms with Crippen molar-refractivity contribution in [2.75, 3.05) is 17.2 Å². The lowest BCUT2D eigenvalue weighted by atomic mass is 9.99. The van der Waals surface area contributed by atoms with Gasteiger partial charge in [0.2, 0.25) is 5.91 Å². The van der Waals surface area contributed by atoms with Gasteiger partial charge in [-0.15, -0.1) is 5.10 Å². The van der Waals surface area contributed by atoms with E-state index in [2.05, 4.69) is 10.3 Å². The lowest BCUT2D eigenvalue weighted by Crippen LogP contribution is -2.37. The molecule has 0 fully saturated rings. The summed E-state index contributed by atoms with van der Waals surface area (Å²) in [7, 11) is 0. The highest BCUT2D eigenvalue weighted by molar-refractivity contribution is 5.96. The van der Waals surface area contributed by atoms with Crippen molar-refractivity contribution in [2.45, 2.75) is 26.2 Å². The van der Waals surface area contributed by atoms with E-state index in [1.54, 1.807) is 4.68 Å². The van der Waals surface area contributed by atoms with Crippen molar-refractivity contribution in [2.24, 2.45) is 0 Å². The summed E-state index contributed by atoms with van der Waals surface area (Å²) in [5.74, 6) is 0.0276. The molecule has 0 atom stereocenters. The fourth-order valence-electron chi connectivity index (χ4n) is 3.49. The Hall–Kier alpha value is -3.15. The molecule has 0 saturated heterocycles. The number of benzene rings is 2. The molecule has 132 valence electrons. The smallest absolute Gasteiger partial charge is 0.233 e. The zero-order valence-corrected chi connectivity index (χ0v) is 14.7. The lowest BCUT2D eigenvalue weighted by Gasteiger charge is -2.30. The van der Waals surface area contributed by atoms with Gasteiger partial charge in [0.25, 0.3) is 0 Å². The maximum Gasteiger partial charge on any atom is 0.233 e. The maximum absolute atomic E-state index is 12.9. The summed E-state index contributed by atoms with van der Waals surface area (Å²) in [6.45, 7) is 2.65. The van der Waals surface area contributed by atoms with Crippen LogP contribution >= 0.6 is 0 Å². The minimum atomic E-state index is 0.0276. The summed E-state index contributed by atoms with van der Waals surface area (Å²) in [6.07, 6.45) is 2.06. The monoisotopic (exact) mass is 347 g/mol. The van der Waals surface area contributed by atoms with E-state index in [1.807, 2.05) is 60.4 Å². The molecular weight excluding hydrogens is 326 g/mol. The second kappa shape index (κ2) is 6.63. The number of fused-ring (bicyclic) bond motifs is 1. The fraction of sp³-hybridized carbons (Fsp3) is 0.250. The number of nitrogen functional groups attached to an aromatic ring is 1. The van der Waals surface area contributed by atoms with Gasteiger partial charge in [-0.05, 0) is 49.6 Å². The molecule has 26 heavy (non-hydrogen) atoms. The summed E-state index contributed by atoms with van der Waals surface area (Å²) in [5, 5.41) is 8.46. The van der Waals surface area contributed by atoms with E-state index in [9.17, 15) is 4.79 Å². The van der Waals surface area contributed by atoms with Crippen molar-refractivity contribution in [3.8, 4) is 5.69 Å². The minimum absolute atomic E-state index is 0.0276. The molecule has 0 radical (unpaired) electrons. The highest BCUT2D eigenvalue weighted by Crippen LogP contribution is 2.31. The van der Waals surface area contributed by atoms with Crippen LogP contribution in [0.15, 0.2) is 48.5 Å². The van der Waals surface area contributed by atoms with Gasteiger partial charge in [-0.25, -0.2) is 4.68 Å². The zero-order chi connectivity index (χ0) is 18.1. The third kappa shape index (κ3) is 2.83. The van der Waals surface area contributed by atoms with Gasteiger partial charge in [-0.3, -0.25) is 4.79 Å². The maximum atomic E-state index is 12.9. The molecule has 0 bridgehead atoms. The molecule has 6 heteroatoms. The van der Waals surface area contributed by atoms with Crippen molar-refractivity contribution >= 4 is 17.3 Å². The molecule has 1 aromatic heterocycles. The van der Waals surface area contributed by atoms with Crippen molar-refractivity contribution in [3.63, 3.8) is 0 Å². The van der Waals surface area contributed by atoms with Gasteiger partial charge in [0.05, 0.1) is 23.5 Å². The average Bonchev–Trinajstić information content (AvgIpc) is 3.03. The fourth-order valence-corrected chi connectivity index (χ4v) is 3.49. The van der Waals surface area contributed by atoms with Gasteiger partial charge in [0.15, 0.2) is 0 Å². The predicted octanol–water partition coefficient (Wildman–Crippen LogP) is 2.68. The van der Waals surface area contributed by atoms with Crippen LogP contribution < -0.4 is 10.6 Å². The van der Waals surface area contributed by atoms with Crippen LogP contribution in [0.2, 0.25) is 0 Å². The molecule has 6 nitrogen and oxygen atoms in total. The molecule has 2 N–H and O–H groups in total. The summed E-state index contributed by atoms with van der Waals surface area (Å²) in [6, 6.07) is 15.6. The highest BCUT2D eigenvalue weighted by atomic mass is 16.2. The largest absolute Gasteiger partial charge is 0.398 e. The average molecular weight is 347 g/mol. The van der Waals surface area contributed by atoms with Gasteiger partial charge in [0.1, 0.15) is 0 Å². The number of aromatic nitrogens is 3. The molecule has 0 saturated carbocycles. The molecule has 4 rings (SSSR count). The SMILES string of the molecule is Cc1c(CC(=O)N2CCCc3c(N)cccc32)nnn1-c1ccccc1. The Morgan fingerprint density at radius 1 is 1.15 bits per heavy atom. The number of para-hydroxylation sites is 1. The van der Waals surface area contributed by atoms with Crippen LogP contribution in [0.3, 0.4) is 0 Å². The van der Waals surface area contributed by atoms with E-state index in [1.165, 1.54) is 0 Å². The Bertz CT molecular complexity index is 948. The summed E-state index contributed by atoms with van der Waals surface area (Å²) >= 11 is 0. The number of hydrogen-bond donors (Lipinski definition) is 1. The second-order valence-electron chi connectivity index (χ2n) is 6.54. The van der Waals surface area contributed by atoms with Crippen LogP contribution in [0.4, 0.5) is 11.4 Å². The van der Waals surface area contributed by atoms with Gasteiger partial charge in [-0.2, -0.15) is 0 Å². The molecule has 0 aliphatic carbocycles. The Morgan fingerprint density at radius 3 is 2.77 bits per heavy atom. The molecule has 0 spiro atoms. The second-order valence-corrected chi connectivity index (χ2v) is 6.54. The Kier molecular flexibility index (Phi) is 4.16. The van der Waals surface area contributed by atoms with E-state index in [-0.39, 0.29) is 12.3 Å². The van der Waals surface area contributed by atoms with Gasteiger partial charge < -0.3 is 10.6 Å². The number of rotatable bonds is 3. The standard InChI is InChI=1S/C20H21N5O/c1-14-18(22-23-25(14)15-7-3-2-4-8-15)13-20(26)24-12-6-9-16-17(21)10-5-11-19(16)24/h2-5,7-8,10-11H,6,9,12-13,21H2,1H3. The molecule has 1 aliphatic rings. The summed E-state index contributed by atoms with van der Waals surface area (Å²) < 4.78 is 1.77. The summed E-state index contributed by atoms with van der Waals surface area (Å²) in [5.41, 5.74) is 11.4. The number of nitrogens with zero attached hydrogens (tertiary/aromatic N) is 4. The van der Waals surface area contributed by atoms with E-state index in [0.717, 1.165) is 41.2 Å². The molecule has 0 unspecified atom stereocenters. The molecule has 3 aromatic rings. The topological polar surface area (TPSA) is 77.0 Å². The van der Waals surface area contributed by atoms with Gasteiger partial charge in [0, 0.05) is 17.9 Å². The Balaban J connectivity index is 1.59. The van der Waals surface area contributed by atoms with E-state index in [0.29, 0.717) is 12.2 Å². The Morgan fingerprint density at radius 2 is 1.96 bits per heavy atom. The van der Waals surface area contributed by atoms with Crippen molar-refractivity contribution in [3.05, 3.63) is 65.5 Å². The predicted molar refractivity (Wildman–Crippen MR) is 101 cm³/mol. The number of anilines is 2. The number of nitrogens with two attached hydrogens (primary N) is 1. The normalized spacial score (nSPS) is 13.5. The van der Waals surface area contributed by atoms with Crippen molar-refractivity contribution < 1.29 is 4.79 Å². The number of hydrogen-bond acceptors (Lipinski definition) is 4. The first kappa shape index (κ1) is 16.3. The number of carbonyl (C=O) groups is 1. The van der Waals surface area contributed by atoms with E-state index >= 15 is 0 Å². The van der Waals surface area contributed by atoms with Gasteiger partial charge >= 0.3 is 0 Å². The van der Waals surface area contributed by atoms with Crippen LogP contribution in [0, 0.1) is 6.92 Å². The van der Waals surface area contributed by atoms with Gasteiger partial charge in [-0.1, -0.05) is 29.5 Å². The van der Waals surface area contributed by atoms with Crippen LogP contribution in [-0.2, 0) is 17.6 Å². The van der Waals surface area contributed by atoms with Crippen molar-refractivity contribution in [1.82, 2.24) is 15.0 Å². The van der Waals surface area contributed by atoms with Crippen molar-refractivity contribution in [1.29, 1.82) is 0 Å². The Labute approximate surface area is 152 Å². The third-order valence-electron chi connectivity index (χ3n) is 4.90. The van der Waals surface area contributed by atoms with Crippen LogP contribution in [0.1, 0.15) is 23.4 Å². The zero-order valence-electron chi connectivity index (χ0n) is 14.7.